The van der Waals surface area contributed by atoms with Gasteiger partial charge in [-0.15, -0.1) is 0 Å². The first-order chi connectivity index (χ1) is 13.0. The van der Waals surface area contributed by atoms with Crippen molar-refractivity contribution in [1.29, 1.82) is 0 Å². The van der Waals surface area contributed by atoms with Gasteiger partial charge in [0.1, 0.15) is 17.6 Å². The van der Waals surface area contributed by atoms with Gasteiger partial charge in [0, 0.05) is 13.1 Å². The van der Waals surface area contributed by atoms with Gasteiger partial charge in [0.2, 0.25) is 5.91 Å². The SMILES string of the molecule is O=C(NC[C@H](O)c1ccc(F)cc1)[C@H]1CCCN1C(=O)c1ccccc1O. The first-order valence-electron chi connectivity index (χ1n) is 8.77. The summed E-state index contributed by atoms with van der Waals surface area (Å²) in [4.78, 5) is 26.6. The lowest BCUT2D eigenvalue weighted by molar-refractivity contribution is -0.125. The van der Waals surface area contributed by atoms with Crippen molar-refractivity contribution in [2.75, 3.05) is 13.1 Å². The van der Waals surface area contributed by atoms with Gasteiger partial charge in [-0.25, -0.2) is 4.39 Å². The zero-order chi connectivity index (χ0) is 19.4. The highest BCUT2D eigenvalue weighted by Crippen LogP contribution is 2.24. The van der Waals surface area contributed by atoms with Crippen LogP contribution in [0.2, 0.25) is 0 Å². The highest BCUT2D eigenvalue weighted by molar-refractivity contribution is 5.99. The summed E-state index contributed by atoms with van der Waals surface area (Å²) in [6.07, 6.45) is 0.216. The number of rotatable bonds is 5. The van der Waals surface area contributed by atoms with Gasteiger partial charge in [-0.05, 0) is 42.7 Å². The van der Waals surface area contributed by atoms with Gasteiger partial charge in [-0.2, -0.15) is 0 Å². The van der Waals surface area contributed by atoms with Crippen LogP contribution in [0.1, 0.15) is 34.9 Å². The molecule has 0 saturated carbocycles. The Bertz CT molecular complexity index is 825. The fraction of sp³-hybridized carbons (Fsp3) is 0.300. The second-order valence-corrected chi connectivity index (χ2v) is 6.49. The minimum Gasteiger partial charge on any atom is -0.507 e. The molecule has 1 fully saturated rings. The van der Waals surface area contributed by atoms with E-state index in [1.54, 1.807) is 12.1 Å². The van der Waals surface area contributed by atoms with Gasteiger partial charge in [-0.3, -0.25) is 9.59 Å². The molecule has 2 atom stereocenters. The summed E-state index contributed by atoms with van der Waals surface area (Å²) in [5.74, 6) is -1.29. The van der Waals surface area contributed by atoms with E-state index in [4.69, 9.17) is 0 Å². The lowest BCUT2D eigenvalue weighted by atomic mass is 10.1. The van der Waals surface area contributed by atoms with Crippen LogP contribution in [0, 0.1) is 5.82 Å². The van der Waals surface area contributed by atoms with Crippen molar-refractivity contribution in [3.05, 3.63) is 65.5 Å². The molecule has 2 aromatic rings. The second kappa shape index (κ2) is 8.18. The van der Waals surface area contributed by atoms with Crippen LogP contribution < -0.4 is 5.32 Å². The number of phenolic OH excluding ortho intramolecular Hbond substituents is 1. The van der Waals surface area contributed by atoms with Gasteiger partial charge in [0.25, 0.3) is 5.91 Å². The third-order valence-electron chi connectivity index (χ3n) is 4.68. The maximum Gasteiger partial charge on any atom is 0.258 e. The Morgan fingerprint density at radius 3 is 2.59 bits per heavy atom. The fourth-order valence-electron chi connectivity index (χ4n) is 3.21. The minimum atomic E-state index is -0.974. The average molecular weight is 372 g/mol. The number of nitrogens with zero attached hydrogens (tertiary/aromatic N) is 1. The number of likely N-dealkylation sites (tertiary alicyclic amines) is 1. The van der Waals surface area contributed by atoms with E-state index in [-0.39, 0.29) is 23.8 Å². The molecule has 1 aliphatic heterocycles. The molecule has 142 valence electrons. The number of hydrogen-bond acceptors (Lipinski definition) is 4. The molecule has 0 spiro atoms. The van der Waals surface area contributed by atoms with Gasteiger partial charge < -0.3 is 20.4 Å². The Hall–Kier alpha value is -2.93. The van der Waals surface area contributed by atoms with Crippen molar-refractivity contribution in [2.45, 2.75) is 25.0 Å². The molecule has 0 aromatic heterocycles. The van der Waals surface area contributed by atoms with Crippen molar-refractivity contribution in [1.82, 2.24) is 10.2 Å². The highest BCUT2D eigenvalue weighted by Gasteiger charge is 2.35. The summed E-state index contributed by atoms with van der Waals surface area (Å²) in [5, 5.41) is 22.7. The molecule has 2 aromatic carbocycles. The summed E-state index contributed by atoms with van der Waals surface area (Å²) < 4.78 is 12.9. The molecule has 0 bridgehead atoms. The molecule has 0 unspecified atom stereocenters. The Labute approximate surface area is 156 Å². The van der Waals surface area contributed by atoms with Crippen LogP contribution in [0.15, 0.2) is 48.5 Å². The molecule has 7 heteroatoms. The Balaban J connectivity index is 1.62. The van der Waals surface area contributed by atoms with Crippen LogP contribution in [0.25, 0.3) is 0 Å². The third kappa shape index (κ3) is 4.25. The number of carbonyl (C=O) groups excluding carboxylic acids is 2. The number of aliphatic hydroxyl groups excluding tert-OH is 1. The van der Waals surface area contributed by atoms with Crippen molar-refractivity contribution in [2.24, 2.45) is 0 Å². The molecule has 0 aliphatic carbocycles. The standard InChI is InChI=1S/C20H21FN2O4/c21-14-9-7-13(8-10-14)18(25)12-22-19(26)16-5-3-11-23(16)20(27)15-4-1-2-6-17(15)24/h1-2,4,6-10,16,18,24-25H,3,5,11-12H2,(H,22,26)/t16-,18+/m1/s1. The number of benzene rings is 2. The van der Waals surface area contributed by atoms with Crippen molar-refractivity contribution >= 4 is 11.8 Å². The van der Waals surface area contributed by atoms with Crippen molar-refractivity contribution in [3.63, 3.8) is 0 Å². The number of aliphatic hydroxyl groups is 1. The number of para-hydroxylation sites is 1. The van der Waals surface area contributed by atoms with Crippen LogP contribution in [0.4, 0.5) is 4.39 Å². The average Bonchev–Trinajstić information content (AvgIpc) is 3.16. The van der Waals surface area contributed by atoms with Crippen LogP contribution in [0.3, 0.4) is 0 Å². The van der Waals surface area contributed by atoms with E-state index in [1.807, 2.05) is 0 Å². The number of nitrogens with one attached hydrogen (secondary N) is 1. The first kappa shape index (κ1) is 18.8. The van der Waals surface area contributed by atoms with E-state index in [0.717, 1.165) is 0 Å². The fourth-order valence-corrected chi connectivity index (χ4v) is 3.21. The summed E-state index contributed by atoms with van der Waals surface area (Å²) >= 11 is 0. The zero-order valence-electron chi connectivity index (χ0n) is 14.6. The Morgan fingerprint density at radius 1 is 1.19 bits per heavy atom. The summed E-state index contributed by atoms with van der Waals surface area (Å²) in [6, 6.07) is 11.0. The molecular weight excluding hydrogens is 351 g/mol. The first-order valence-corrected chi connectivity index (χ1v) is 8.77. The predicted molar refractivity (Wildman–Crippen MR) is 96.5 cm³/mol. The van der Waals surface area contributed by atoms with E-state index in [0.29, 0.717) is 24.9 Å². The molecular formula is C20H21FN2O4. The van der Waals surface area contributed by atoms with E-state index in [9.17, 15) is 24.2 Å². The number of phenols is 1. The smallest absolute Gasteiger partial charge is 0.258 e. The van der Waals surface area contributed by atoms with Gasteiger partial charge in [-0.1, -0.05) is 24.3 Å². The Kier molecular flexibility index (Phi) is 5.71. The van der Waals surface area contributed by atoms with Gasteiger partial charge in [0.15, 0.2) is 0 Å². The minimum absolute atomic E-state index is 0.0421. The summed E-state index contributed by atoms with van der Waals surface area (Å²) in [5.41, 5.74) is 0.647. The number of hydrogen-bond donors (Lipinski definition) is 3. The largest absolute Gasteiger partial charge is 0.507 e. The van der Waals surface area contributed by atoms with Gasteiger partial charge >= 0.3 is 0 Å². The maximum absolute atomic E-state index is 12.9. The Morgan fingerprint density at radius 2 is 1.89 bits per heavy atom. The number of aromatic hydroxyl groups is 1. The van der Waals surface area contributed by atoms with Crippen LogP contribution >= 0.6 is 0 Å². The van der Waals surface area contributed by atoms with Crippen molar-refractivity contribution < 1.29 is 24.2 Å². The molecule has 27 heavy (non-hydrogen) atoms. The van der Waals surface area contributed by atoms with Crippen LogP contribution in [-0.4, -0.2) is 46.1 Å². The second-order valence-electron chi connectivity index (χ2n) is 6.49. The molecule has 1 heterocycles. The van der Waals surface area contributed by atoms with Crippen LogP contribution in [0.5, 0.6) is 5.75 Å². The molecule has 1 aliphatic rings. The third-order valence-corrected chi connectivity index (χ3v) is 4.68. The van der Waals surface area contributed by atoms with Gasteiger partial charge in [0.05, 0.1) is 11.7 Å². The highest BCUT2D eigenvalue weighted by atomic mass is 19.1. The molecule has 3 N–H and O–H groups in total. The number of amides is 2. The quantitative estimate of drug-likeness (QED) is 0.749. The molecule has 2 amide bonds. The molecule has 1 saturated heterocycles. The molecule has 6 nitrogen and oxygen atoms in total. The van der Waals surface area contributed by atoms with E-state index < -0.39 is 23.9 Å². The zero-order valence-corrected chi connectivity index (χ0v) is 14.6. The van der Waals surface area contributed by atoms with E-state index in [1.165, 1.54) is 41.3 Å². The molecule has 0 radical (unpaired) electrons. The number of halogens is 1. The van der Waals surface area contributed by atoms with Crippen molar-refractivity contribution in [3.8, 4) is 5.75 Å². The molecule has 3 rings (SSSR count). The van der Waals surface area contributed by atoms with E-state index in [2.05, 4.69) is 5.32 Å². The van der Waals surface area contributed by atoms with Crippen LogP contribution in [-0.2, 0) is 4.79 Å². The maximum atomic E-state index is 12.9. The predicted octanol–water partition coefficient (Wildman–Crippen LogP) is 1.99. The monoisotopic (exact) mass is 372 g/mol. The number of carbonyl (C=O) groups is 2. The van der Waals surface area contributed by atoms with E-state index >= 15 is 0 Å². The summed E-state index contributed by atoms with van der Waals surface area (Å²) in [6.45, 7) is 0.380. The normalized spacial score (nSPS) is 17.6. The summed E-state index contributed by atoms with van der Waals surface area (Å²) in [7, 11) is 0. The lowest BCUT2D eigenvalue weighted by Gasteiger charge is -2.25. The lowest BCUT2D eigenvalue weighted by Crippen LogP contribution is -2.46. The topological polar surface area (TPSA) is 89.9 Å².